The number of alkyl halides is 3. The number of halogens is 4. The van der Waals surface area contributed by atoms with E-state index in [4.69, 9.17) is 11.6 Å². The maximum atomic E-state index is 13.3. The first kappa shape index (κ1) is 19.6. The van der Waals surface area contributed by atoms with Gasteiger partial charge in [-0.05, 0) is 54.7 Å². The van der Waals surface area contributed by atoms with Crippen LogP contribution < -0.4 is 4.90 Å². The van der Waals surface area contributed by atoms with E-state index >= 15 is 0 Å². The lowest BCUT2D eigenvalue weighted by Crippen LogP contribution is -2.49. The van der Waals surface area contributed by atoms with Crippen molar-refractivity contribution in [2.75, 3.05) is 11.6 Å². The average molecular weight is 439 g/mol. The molecule has 1 aromatic carbocycles. The Bertz CT molecular complexity index is 972. The van der Waals surface area contributed by atoms with Crippen LogP contribution in [0, 0.1) is 42.4 Å². The summed E-state index contributed by atoms with van der Waals surface area (Å²) in [5, 5.41) is 0.183. The van der Waals surface area contributed by atoms with Gasteiger partial charge in [0, 0.05) is 10.7 Å². The van der Waals surface area contributed by atoms with E-state index in [-0.39, 0.29) is 22.5 Å². The van der Waals surface area contributed by atoms with Gasteiger partial charge in [0.1, 0.15) is 6.67 Å². The monoisotopic (exact) mass is 438 g/mol. The predicted octanol–water partition coefficient (Wildman–Crippen LogP) is 3.55. The number of carbonyl (C=O) groups excluding carboxylic acids is 3. The molecule has 30 heavy (non-hydrogen) atoms. The second-order valence-corrected chi connectivity index (χ2v) is 8.97. The van der Waals surface area contributed by atoms with Crippen molar-refractivity contribution in [2.24, 2.45) is 35.5 Å². The minimum atomic E-state index is -5.17. The topological polar surface area (TPSA) is 57.7 Å². The summed E-state index contributed by atoms with van der Waals surface area (Å²) in [6.07, 6.45) is -0.227. The fourth-order valence-corrected chi connectivity index (χ4v) is 5.64. The Morgan fingerprint density at radius 1 is 1.13 bits per heavy atom. The van der Waals surface area contributed by atoms with E-state index in [0.29, 0.717) is 22.3 Å². The van der Waals surface area contributed by atoms with Crippen LogP contribution in [0.2, 0.25) is 5.02 Å². The molecule has 1 aliphatic heterocycles. The molecular weight excluding hydrogens is 421 g/mol. The van der Waals surface area contributed by atoms with Crippen LogP contribution in [0.1, 0.15) is 12.0 Å². The molecule has 0 spiro atoms. The Balaban J connectivity index is 1.48. The molecule has 9 heteroatoms. The maximum absolute atomic E-state index is 13.3. The molecule has 6 rings (SSSR count). The first-order valence-corrected chi connectivity index (χ1v) is 10.2. The number of rotatable bonds is 3. The Hall–Kier alpha value is -2.35. The zero-order valence-electron chi connectivity index (χ0n) is 15.9. The molecule has 1 saturated heterocycles. The first-order chi connectivity index (χ1) is 14.1. The van der Waals surface area contributed by atoms with Crippen LogP contribution in [0.5, 0.6) is 0 Å². The number of amides is 3. The zero-order valence-corrected chi connectivity index (χ0v) is 16.7. The fourth-order valence-electron chi connectivity index (χ4n) is 5.47. The molecule has 4 aliphatic carbocycles. The van der Waals surface area contributed by atoms with Gasteiger partial charge in [-0.3, -0.25) is 24.2 Å². The molecule has 3 amide bonds. The SMILES string of the molecule is Cc1ccc(N(CN2C(=O)[C@@H]3[C@H]4C=C[C@@H]([C@@H]5C[C@H]45)[C@H]3C2=O)C(=O)C(F)(F)F)cc1Cl. The van der Waals surface area contributed by atoms with E-state index in [0.717, 1.165) is 11.3 Å². The third-order valence-electron chi connectivity index (χ3n) is 6.99. The molecule has 2 bridgehead atoms. The van der Waals surface area contributed by atoms with Crippen LogP contribution >= 0.6 is 11.6 Å². The van der Waals surface area contributed by atoms with Crippen molar-refractivity contribution in [1.29, 1.82) is 0 Å². The molecule has 0 unspecified atom stereocenters. The number of benzene rings is 1. The molecule has 158 valence electrons. The number of anilines is 1. The summed E-state index contributed by atoms with van der Waals surface area (Å²) in [6.45, 7) is 0.894. The van der Waals surface area contributed by atoms with Crippen molar-refractivity contribution >= 4 is 35.0 Å². The van der Waals surface area contributed by atoms with E-state index in [9.17, 15) is 27.6 Å². The zero-order chi connectivity index (χ0) is 21.5. The van der Waals surface area contributed by atoms with Gasteiger partial charge in [-0.25, -0.2) is 0 Å². The van der Waals surface area contributed by atoms with Crippen LogP contribution in [-0.2, 0) is 14.4 Å². The number of nitrogens with zero attached hydrogens (tertiary/aromatic N) is 2. The number of hydrogen-bond donors (Lipinski definition) is 0. The molecule has 1 aromatic rings. The second kappa shape index (κ2) is 6.33. The predicted molar refractivity (Wildman–Crippen MR) is 101 cm³/mol. The lowest BCUT2D eigenvalue weighted by atomic mass is 9.63. The average Bonchev–Trinajstić information content (AvgIpc) is 3.47. The van der Waals surface area contributed by atoms with Crippen molar-refractivity contribution in [3.8, 4) is 0 Å². The number of aryl methyl sites for hydroxylation is 1. The molecule has 0 aromatic heterocycles. The molecular formula is C21H18ClF3N2O3. The summed E-state index contributed by atoms with van der Waals surface area (Å²) >= 11 is 6.04. The Morgan fingerprint density at radius 3 is 2.20 bits per heavy atom. The van der Waals surface area contributed by atoms with Gasteiger partial charge in [0.15, 0.2) is 0 Å². The number of imide groups is 1. The Kier molecular flexibility index (Phi) is 4.13. The van der Waals surface area contributed by atoms with Crippen molar-refractivity contribution in [3.63, 3.8) is 0 Å². The van der Waals surface area contributed by atoms with Gasteiger partial charge in [-0.15, -0.1) is 0 Å². The third kappa shape index (κ3) is 2.72. The minimum Gasteiger partial charge on any atom is -0.286 e. The van der Waals surface area contributed by atoms with Crippen LogP contribution in [-0.4, -0.2) is 35.5 Å². The molecule has 1 heterocycles. The largest absolute Gasteiger partial charge is 0.471 e. The smallest absolute Gasteiger partial charge is 0.286 e. The van der Waals surface area contributed by atoms with E-state index < -0.39 is 42.4 Å². The molecule has 5 aliphatic rings. The van der Waals surface area contributed by atoms with Crippen LogP contribution in [0.15, 0.2) is 30.4 Å². The van der Waals surface area contributed by atoms with Crippen LogP contribution in [0.3, 0.4) is 0 Å². The maximum Gasteiger partial charge on any atom is 0.471 e. The van der Waals surface area contributed by atoms with Crippen molar-refractivity contribution in [3.05, 3.63) is 40.9 Å². The Labute approximate surface area is 175 Å². The molecule has 6 atom stereocenters. The highest BCUT2D eigenvalue weighted by Gasteiger charge is 2.67. The van der Waals surface area contributed by atoms with Gasteiger partial charge < -0.3 is 0 Å². The standard InChI is InChI=1S/C21H18ClF3N2O3/c1-9-2-3-10(6-15(9)22)26(20(30)21(23,24)25)8-27-18(28)16-11-4-5-12(14-7-13(11)14)17(16)19(27)29/h2-6,11-14,16-17H,7-8H2,1H3/t11-,12-,13-,14+,16+,17+/m0/s1. The van der Waals surface area contributed by atoms with Gasteiger partial charge in [0.25, 0.3) is 0 Å². The first-order valence-electron chi connectivity index (χ1n) is 9.78. The lowest BCUT2D eigenvalue weighted by Gasteiger charge is -2.37. The summed E-state index contributed by atoms with van der Waals surface area (Å²) in [6, 6.07) is 4.04. The molecule has 0 radical (unpaired) electrons. The normalized spacial score (nSPS) is 33.6. The number of likely N-dealkylation sites (tertiary alicyclic amines) is 1. The number of carbonyl (C=O) groups is 3. The summed E-state index contributed by atoms with van der Waals surface area (Å²) in [5.41, 5.74) is 0.508. The van der Waals surface area contributed by atoms with Gasteiger partial charge in [-0.2, -0.15) is 13.2 Å². The minimum absolute atomic E-state index is 0.0490. The fraction of sp³-hybridized carbons (Fsp3) is 0.476. The van der Waals surface area contributed by atoms with Crippen LogP contribution in [0.25, 0.3) is 0 Å². The highest BCUT2D eigenvalue weighted by Crippen LogP contribution is 2.65. The van der Waals surface area contributed by atoms with E-state index in [1.165, 1.54) is 18.2 Å². The highest BCUT2D eigenvalue weighted by atomic mass is 35.5. The van der Waals surface area contributed by atoms with Gasteiger partial charge in [0.05, 0.1) is 11.8 Å². The summed E-state index contributed by atoms with van der Waals surface area (Å²) in [4.78, 5) is 39.6. The van der Waals surface area contributed by atoms with Gasteiger partial charge in [0.2, 0.25) is 11.8 Å². The van der Waals surface area contributed by atoms with Gasteiger partial charge in [-0.1, -0.05) is 29.8 Å². The third-order valence-corrected chi connectivity index (χ3v) is 7.40. The molecule has 5 nitrogen and oxygen atoms in total. The van der Waals surface area contributed by atoms with Crippen molar-refractivity contribution in [2.45, 2.75) is 19.5 Å². The Morgan fingerprint density at radius 2 is 1.70 bits per heavy atom. The molecule has 2 saturated carbocycles. The lowest BCUT2D eigenvalue weighted by molar-refractivity contribution is -0.171. The van der Waals surface area contributed by atoms with Gasteiger partial charge >= 0.3 is 12.1 Å². The van der Waals surface area contributed by atoms with Crippen molar-refractivity contribution < 1.29 is 27.6 Å². The van der Waals surface area contributed by atoms with E-state index in [1.807, 2.05) is 12.2 Å². The van der Waals surface area contributed by atoms with E-state index in [1.54, 1.807) is 6.92 Å². The molecule has 3 fully saturated rings. The summed E-state index contributed by atoms with van der Waals surface area (Å²) in [5.74, 6) is -3.56. The summed E-state index contributed by atoms with van der Waals surface area (Å²) < 4.78 is 39.9. The van der Waals surface area contributed by atoms with E-state index in [2.05, 4.69) is 0 Å². The van der Waals surface area contributed by atoms with Crippen LogP contribution in [0.4, 0.5) is 18.9 Å². The number of hydrogen-bond acceptors (Lipinski definition) is 3. The summed E-state index contributed by atoms with van der Waals surface area (Å²) in [7, 11) is 0. The quantitative estimate of drug-likeness (QED) is 0.535. The molecule has 0 N–H and O–H groups in total. The number of allylic oxidation sites excluding steroid dienone is 2. The second-order valence-electron chi connectivity index (χ2n) is 8.56. The van der Waals surface area contributed by atoms with Crippen molar-refractivity contribution in [1.82, 2.24) is 4.90 Å². The highest BCUT2D eigenvalue weighted by molar-refractivity contribution is 6.31.